The topological polar surface area (TPSA) is 250 Å². The summed E-state index contributed by atoms with van der Waals surface area (Å²) in [5, 5.41) is 44.4. The lowest BCUT2D eigenvalue weighted by atomic mass is 9.72. The zero-order chi connectivity index (χ0) is 39.1. The number of carboxylic acids is 1. The van der Waals surface area contributed by atoms with Gasteiger partial charge in [-0.1, -0.05) is 29.8 Å². The van der Waals surface area contributed by atoms with Gasteiger partial charge in [-0.3, -0.25) is 19.1 Å². The molecule has 0 aromatic heterocycles. The van der Waals surface area contributed by atoms with Gasteiger partial charge in [-0.05, 0) is 60.7 Å². The van der Waals surface area contributed by atoms with Crippen molar-refractivity contribution in [3.63, 3.8) is 0 Å². The summed E-state index contributed by atoms with van der Waals surface area (Å²) in [6.07, 6.45) is 0.973. The maximum Gasteiger partial charge on any atom is 0.547 e. The molecule has 2 saturated heterocycles. The number of nitrogens with zero attached hydrogens (tertiary/aromatic N) is 3. The van der Waals surface area contributed by atoms with Crippen LogP contribution in [0, 0.1) is 5.82 Å². The van der Waals surface area contributed by atoms with E-state index in [1.165, 1.54) is 35.2 Å². The van der Waals surface area contributed by atoms with Gasteiger partial charge in [0.25, 0.3) is 5.91 Å². The molecule has 8 N–H and O–H groups in total. The quantitative estimate of drug-likeness (QED) is 0.0908. The first-order valence-electron chi connectivity index (χ1n) is 16.7. The number of likely N-dealkylation sites (tertiary alicyclic amines) is 1. The molecule has 3 aromatic carbocycles. The van der Waals surface area contributed by atoms with Crippen LogP contribution in [-0.4, -0.2) is 121 Å². The summed E-state index contributed by atoms with van der Waals surface area (Å²) < 4.78 is 31.4. The number of hydrogen-bond donors (Lipinski definition) is 8. The predicted molar refractivity (Wildman–Crippen MR) is 189 cm³/mol. The Morgan fingerprint density at radius 1 is 0.963 bits per heavy atom. The van der Waals surface area contributed by atoms with Gasteiger partial charge in [0.05, 0.1) is 28.5 Å². The number of benzene rings is 3. The molecule has 0 spiro atoms. The molecule has 0 aliphatic carbocycles. The van der Waals surface area contributed by atoms with Crippen LogP contribution in [0.1, 0.15) is 50.7 Å². The van der Waals surface area contributed by atoms with E-state index in [1.807, 2.05) is 0 Å². The number of fused-ring (bicyclic) bond motifs is 1. The molecule has 17 nitrogen and oxygen atoms in total. The standard InChI is InChI=1S/C33H35BClFN5O12P/c35-26-21(6-8-23(42)28(26)43)31(45)39-11-9-19(10-12-39)40-13-14-41(16-40)33(48)38-27(17-1-4-20(5-2-17)54(50,51)52)30(44)37-24-15-18-3-7-22(36)25(32(46)47)29(18)53-34(24)49/h1-8,19,24,27,42-43,49H,9-16H2,(H,37,44)(H,38,48)(H,46,47)(H2,50,51,52)/t24-,27+/m0/s1. The molecule has 0 bridgehead atoms. The molecule has 3 aromatic rings. The number of phenolic OH excluding ortho intramolecular Hbond substituents is 2. The summed E-state index contributed by atoms with van der Waals surface area (Å²) in [7, 11) is -6.44. The van der Waals surface area contributed by atoms with Crippen LogP contribution in [0.15, 0.2) is 48.5 Å². The molecule has 3 aliphatic heterocycles. The maximum absolute atomic E-state index is 14.2. The van der Waals surface area contributed by atoms with E-state index in [0.29, 0.717) is 32.5 Å². The summed E-state index contributed by atoms with van der Waals surface area (Å²) >= 11 is 6.09. The first-order valence-corrected chi connectivity index (χ1v) is 18.7. The number of aromatic carboxylic acids is 1. The number of piperidine rings is 1. The molecule has 54 heavy (non-hydrogen) atoms. The van der Waals surface area contributed by atoms with Crippen LogP contribution in [0.5, 0.6) is 17.2 Å². The number of carbonyl (C=O) groups is 4. The average molecular weight is 790 g/mol. The van der Waals surface area contributed by atoms with E-state index in [-0.39, 0.29) is 58.4 Å². The van der Waals surface area contributed by atoms with Crippen molar-refractivity contribution in [3.05, 3.63) is 81.6 Å². The third kappa shape index (κ3) is 7.96. The predicted octanol–water partition coefficient (Wildman–Crippen LogP) is 1.16. The molecule has 4 amide bonds. The lowest BCUT2D eigenvalue weighted by Crippen LogP contribution is -2.56. The summed E-state index contributed by atoms with van der Waals surface area (Å²) in [6.45, 7) is 1.69. The molecule has 286 valence electrons. The molecule has 0 unspecified atom stereocenters. The highest BCUT2D eigenvalue weighted by molar-refractivity contribution is 7.60. The molecular weight excluding hydrogens is 755 g/mol. The smallest absolute Gasteiger partial charge is 0.534 e. The highest BCUT2D eigenvalue weighted by atomic mass is 35.5. The van der Waals surface area contributed by atoms with E-state index in [1.54, 1.807) is 4.90 Å². The van der Waals surface area contributed by atoms with Crippen molar-refractivity contribution in [3.8, 4) is 17.2 Å². The van der Waals surface area contributed by atoms with Crippen LogP contribution in [0.4, 0.5) is 9.18 Å². The minimum absolute atomic E-state index is 0.000576. The fourth-order valence-electron chi connectivity index (χ4n) is 6.80. The van der Waals surface area contributed by atoms with Crippen LogP contribution in [0.25, 0.3) is 0 Å². The molecule has 3 aliphatic rings. The lowest BCUT2D eigenvalue weighted by Gasteiger charge is -2.36. The van der Waals surface area contributed by atoms with E-state index in [4.69, 9.17) is 16.3 Å². The van der Waals surface area contributed by atoms with Crippen molar-refractivity contribution in [1.29, 1.82) is 0 Å². The van der Waals surface area contributed by atoms with Crippen LogP contribution < -0.4 is 20.6 Å². The van der Waals surface area contributed by atoms with Crippen LogP contribution >= 0.6 is 19.2 Å². The van der Waals surface area contributed by atoms with Crippen LogP contribution in [0.3, 0.4) is 0 Å². The van der Waals surface area contributed by atoms with Gasteiger partial charge in [0.15, 0.2) is 11.5 Å². The molecule has 0 saturated carbocycles. The summed E-state index contributed by atoms with van der Waals surface area (Å²) in [4.78, 5) is 76.4. The SMILES string of the molecule is O=C(O)c1c(F)ccc2c1OB(O)[C@@H](NC(=O)[C@H](NC(=O)N1CCN(C3CCN(C(=O)c4ccc(O)c(O)c4Cl)CC3)C1)c1ccc(P(=O)(O)O)cc1)C2. The summed E-state index contributed by atoms with van der Waals surface area (Å²) in [5.41, 5.74) is -0.366. The first kappa shape index (κ1) is 38.8. The van der Waals surface area contributed by atoms with E-state index in [0.717, 1.165) is 18.2 Å². The van der Waals surface area contributed by atoms with Gasteiger partial charge in [-0.25, -0.2) is 14.0 Å². The van der Waals surface area contributed by atoms with Crippen molar-refractivity contribution in [2.45, 2.75) is 37.3 Å². The molecule has 2 atom stereocenters. The molecule has 0 radical (unpaired) electrons. The number of hydrogen-bond acceptors (Lipinski definition) is 10. The van der Waals surface area contributed by atoms with Gasteiger partial charge in [0, 0.05) is 32.2 Å². The molecule has 6 rings (SSSR count). The van der Waals surface area contributed by atoms with Crippen molar-refractivity contribution >= 4 is 55.4 Å². The van der Waals surface area contributed by atoms with Crippen molar-refractivity contribution in [2.24, 2.45) is 0 Å². The second-order valence-electron chi connectivity index (χ2n) is 13.1. The van der Waals surface area contributed by atoms with Gasteiger partial charge in [-0.15, -0.1) is 0 Å². The van der Waals surface area contributed by atoms with Gasteiger partial charge >= 0.3 is 26.7 Å². The summed E-state index contributed by atoms with van der Waals surface area (Å²) in [5.74, 6) is -6.48. The average Bonchev–Trinajstić information content (AvgIpc) is 3.63. The Labute approximate surface area is 312 Å². The largest absolute Gasteiger partial charge is 0.547 e. The maximum atomic E-state index is 14.2. The number of rotatable bonds is 8. The van der Waals surface area contributed by atoms with Gasteiger partial charge in [-0.2, -0.15) is 0 Å². The van der Waals surface area contributed by atoms with Crippen LogP contribution in [0.2, 0.25) is 5.02 Å². The Morgan fingerprint density at radius 2 is 1.65 bits per heavy atom. The Kier molecular flexibility index (Phi) is 11.1. The fraction of sp³-hybridized carbons (Fsp3) is 0.333. The molecular formula is C33H35BClFN5O12P. The van der Waals surface area contributed by atoms with E-state index < -0.39 is 73.4 Å². The minimum atomic E-state index is -4.64. The molecule has 2 fully saturated rings. The second-order valence-corrected chi connectivity index (χ2v) is 15.1. The number of urea groups is 1. The third-order valence-electron chi connectivity index (χ3n) is 9.74. The number of aromatic hydroxyl groups is 2. The fourth-order valence-corrected chi connectivity index (χ4v) is 7.58. The normalized spacial score (nSPS) is 18.5. The summed E-state index contributed by atoms with van der Waals surface area (Å²) in [6, 6.07) is 7.41. The lowest BCUT2D eigenvalue weighted by molar-refractivity contribution is -0.123. The highest BCUT2D eigenvalue weighted by Crippen LogP contribution is 2.37. The Hall–Kier alpha value is -4.91. The number of carbonyl (C=O) groups excluding carboxylic acids is 3. The monoisotopic (exact) mass is 789 g/mol. The van der Waals surface area contributed by atoms with Crippen molar-refractivity contribution < 1.29 is 62.9 Å². The number of carboxylic acid groups (broad SMARTS) is 1. The first-order chi connectivity index (χ1) is 25.5. The Balaban J connectivity index is 1.12. The molecule has 21 heteroatoms. The minimum Gasteiger partial charge on any atom is -0.534 e. The highest BCUT2D eigenvalue weighted by Gasteiger charge is 2.41. The second kappa shape index (κ2) is 15.4. The van der Waals surface area contributed by atoms with Crippen molar-refractivity contribution in [1.82, 2.24) is 25.3 Å². The number of halogens is 2. The zero-order valence-electron chi connectivity index (χ0n) is 28.3. The Morgan fingerprint density at radius 3 is 2.30 bits per heavy atom. The van der Waals surface area contributed by atoms with Gasteiger partial charge in [0.2, 0.25) is 5.91 Å². The van der Waals surface area contributed by atoms with E-state index >= 15 is 0 Å². The third-order valence-corrected chi connectivity index (χ3v) is 11.1. The zero-order valence-corrected chi connectivity index (χ0v) is 29.9. The van der Waals surface area contributed by atoms with Gasteiger partial charge < -0.3 is 55.2 Å². The van der Waals surface area contributed by atoms with Gasteiger partial charge in [0.1, 0.15) is 23.2 Å². The van der Waals surface area contributed by atoms with E-state index in [9.17, 15) is 58.3 Å². The number of amides is 4. The number of nitrogens with one attached hydrogen (secondary N) is 2. The molecule has 3 heterocycles. The van der Waals surface area contributed by atoms with Crippen molar-refractivity contribution in [2.75, 3.05) is 32.8 Å². The number of phenols is 2. The Bertz CT molecular complexity index is 2030. The van der Waals surface area contributed by atoms with Crippen LogP contribution in [-0.2, 0) is 15.8 Å². The van der Waals surface area contributed by atoms with E-state index in [2.05, 4.69) is 15.5 Å².